The first-order valence-electron chi connectivity index (χ1n) is 7.07. The highest BCUT2D eigenvalue weighted by Gasteiger charge is 2.36. The summed E-state index contributed by atoms with van der Waals surface area (Å²) in [5.74, 6) is -0.882. The second kappa shape index (κ2) is 9.90. The number of para-hydroxylation sites is 1. The van der Waals surface area contributed by atoms with Crippen LogP contribution in [-0.4, -0.2) is 14.7 Å². The monoisotopic (exact) mass is 449 g/mol. The zero-order valence-electron chi connectivity index (χ0n) is 15.0. The summed E-state index contributed by atoms with van der Waals surface area (Å²) in [7, 11) is -10.7. The van der Waals surface area contributed by atoms with E-state index >= 15 is 0 Å². The zero-order chi connectivity index (χ0) is 18.9. The third-order valence-corrected chi connectivity index (χ3v) is 5.30. The average molecular weight is 449 g/mol. The van der Waals surface area contributed by atoms with E-state index in [4.69, 9.17) is 18.7 Å². The maximum atomic E-state index is 12.7. The standard InChI is InChI=1S/C15H12O9P2.3H3N/c16-13-11-8-4-5-9-12(11)22-14(10-6-2-1-3-7-10)15(13)23-26(20,21)24-25(17,18)19;;;/h1-9H,(H,20,21)(H2,17,18,19);3*1H3. The van der Waals surface area contributed by atoms with Crippen LogP contribution in [0.2, 0.25) is 0 Å². The highest BCUT2D eigenvalue weighted by atomic mass is 31.3. The molecule has 0 fully saturated rings. The minimum absolute atomic E-state index is 0. The van der Waals surface area contributed by atoms with Gasteiger partial charge in [0.15, 0.2) is 5.76 Å². The van der Waals surface area contributed by atoms with Gasteiger partial charge in [0, 0.05) is 5.56 Å². The first-order valence-corrected chi connectivity index (χ1v) is 10.1. The molecule has 0 aliphatic rings. The Balaban J connectivity index is 0.00000261. The van der Waals surface area contributed by atoms with Crippen LogP contribution in [-0.2, 0) is 13.4 Å². The van der Waals surface area contributed by atoms with Crippen LogP contribution in [0.25, 0.3) is 22.3 Å². The molecule has 0 aliphatic heterocycles. The van der Waals surface area contributed by atoms with Gasteiger partial charge in [-0.2, -0.15) is 4.31 Å². The number of benzene rings is 2. The van der Waals surface area contributed by atoms with Crippen LogP contribution in [0.3, 0.4) is 0 Å². The number of rotatable bonds is 5. The second-order valence-electron chi connectivity index (χ2n) is 5.08. The Morgan fingerprint density at radius 2 is 1.38 bits per heavy atom. The number of phosphoric acid groups is 2. The predicted octanol–water partition coefficient (Wildman–Crippen LogP) is 3.53. The van der Waals surface area contributed by atoms with Crippen molar-refractivity contribution in [1.29, 1.82) is 0 Å². The van der Waals surface area contributed by atoms with E-state index < -0.39 is 26.8 Å². The Kier molecular flexibility index (Phi) is 9.09. The Hall–Kier alpha value is -2.37. The molecule has 12 N–H and O–H groups in total. The van der Waals surface area contributed by atoms with Crippen molar-refractivity contribution in [2.24, 2.45) is 0 Å². The third kappa shape index (κ3) is 6.31. The Bertz CT molecular complexity index is 1110. The van der Waals surface area contributed by atoms with Crippen molar-refractivity contribution in [3.05, 3.63) is 64.8 Å². The van der Waals surface area contributed by atoms with Crippen LogP contribution < -0.4 is 28.4 Å². The molecule has 160 valence electrons. The average Bonchev–Trinajstić information content (AvgIpc) is 2.56. The molecule has 3 rings (SSSR count). The lowest BCUT2D eigenvalue weighted by Crippen LogP contribution is -2.09. The topological polar surface area (TPSA) is 248 Å². The highest BCUT2D eigenvalue weighted by molar-refractivity contribution is 7.60. The molecule has 29 heavy (non-hydrogen) atoms. The number of fused-ring (bicyclic) bond motifs is 1. The first-order chi connectivity index (χ1) is 12.2. The van der Waals surface area contributed by atoms with Gasteiger partial charge in [-0.15, -0.1) is 0 Å². The van der Waals surface area contributed by atoms with E-state index in [1.807, 2.05) is 0 Å². The van der Waals surface area contributed by atoms with Crippen molar-refractivity contribution >= 4 is 26.6 Å². The van der Waals surface area contributed by atoms with E-state index in [1.165, 1.54) is 12.1 Å². The van der Waals surface area contributed by atoms with Crippen LogP contribution in [0, 0.1) is 0 Å². The van der Waals surface area contributed by atoms with Crippen molar-refractivity contribution in [2.75, 3.05) is 0 Å². The van der Waals surface area contributed by atoms with Gasteiger partial charge in [0.2, 0.25) is 11.2 Å². The smallest absolute Gasteiger partial charge is 0.452 e. The molecule has 1 atom stereocenters. The summed E-state index contributed by atoms with van der Waals surface area (Å²) in [5, 5.41) is 0.0540. The lowest BCUT2D eigenvalue weighted by atomic mass is 10.1. The fourth-order valence-electron chi connectivity index (χ4n) is 2.25. The van der Waals surface area contributed by atoms with Gasteiger partial charge >= 0.3 is 15.6 Å². The molecule has 0 spiro atoms. The molecule has 0 bridgehead atoms. The van der Waals surface area contributed by atoms with E-state index in [9.17, 15) is 18.8 Å². The van der Waals surface area contributed by atoms with Gasteiger partial charge in [0.05, 0.1) is 5.39 Å². The maximum absolute atomic E-state index is 12.7. The molecule has 2 aromatic carbocycles. The Labute approximate surface area is 164 Å². The van der Waals surface area contributed by atoms with Crippen molar-refractivity contribution in [1.82, 2.24) is 18.5 Å². The summed E-state index contributed by atoms with van der Waals surface area (Å²) in [6.45, 7) is 0. The van der Waals surface area contributed by atoms with E-state index in [0.717, 1.165) is 0 Å². The van der Waals surface area contributed by atoms with Crippen molar-refractivity contribution in [2.45, 2.75) is 0 Å². The molecule has 0 amide bonds. The van der Waals surface area contributed by atoms with Gasteiger partial charge in [-0.1, -0.05) is 42.5 Å². The molecule has 0 saturated heterocycles. The number of hydrogen-bond donors (Lipinski definition) is 6. The Morgan fingerprint density at radius 1 is 0.828 bits per heavy atom. The lowest BCUT2D eigenvalue weighted by molar-refractivity contribution is 0.228. The fraction of sp³-hybridized carbons (Fsp3) is 0. The molecule has 0 radical (unpaired) electrons. The van der Waals surface area contributed by atoms with E-state index in [0.29, 0.717) is 5.56 Å². The summed E-state index contributed by atoms with van der Waals surface area (Å²) in [6, 6.07) is 14.2. The van der Waals surface area contributed by atoms with Crippen molar-refractivity contribution in [3.63, 3.8) is 0 Å². The molecule has 1 heterocycles. The van der Waals surface area contributed by atoms with E-state index in [2.05, 4.69) is 4.31 Å². The van der Waals surface area contributed by atoms with Crippen LogP contribution in [0.5, 0.6) is 5.75 Å². The first kappa shape index (κ1) is 26.6. The SMILES string of the molecule is N.N.N.O=c1c(OP(=O)(O)OP(=O)(O)O)c(-c2ccccc2)oc2ccccc12. The van der Waals surface area contributed by atoms with Gasteiger partial charge in [-0.25, -0.2) is 9.13 Å². The second-order valence-corrected chi connectivity index (χ2v) is 7.84. The third-order valence-electron chi connectivity index (χ3n) is 3.21. The lowest BCUT2D eigenvalue weighted by Gasteiger charge is -2.15. The summed E-state index contributed by atoms with van der Waals surface area (Å²) < 4.78 is 36.8. The molecule has 12 nitrogen and oxygen atoms in total. The fourth-order valence-corrected chi connectivity index (χ4v) is 3.86. The Morgan fingerprint density at radius 3 is 1.97 bits per heavy atom. The molecule has 3 aromatic rings. The molecule has 0 saturated carbocycles. The highest BCUT2D eigenvalue weighted by Crippen LogP contribution is 2.57. The minimum atomic E-state index is -5.35. The molecule has 14 heteroatoms. The van der Waals surface area contributed by atoms with Crippen LogP contribution in [0.1, 0.15) is 0 Å². The van der Waals surface area contributed by atoms with Gasteiger partial charge in [0.25, 0.3) is 0 Å². The molecule has 1 unspecified atom stereocenters. The largest absolute Gasteiger partial charge is 0.536 e. The maximum Gasteiger partial charge on any atom is 0.536 e. The van der Waals surface area contributed by atoms with Gasteiger partial charge in [-0.05, 0) is 12.1 Å². The molecular weight excluding hydrogens is 428 g/mol. The van der Waals surface area contributed by atoms with E-state index in [-0.39, 0.29) is 35.2 Å². The van der Waals surface area contributed by atoms with Gasteiger partial charge < -0.3 is 37.2 Å². The van der Waals surface area contributed by atoms with Crippen molar-refractivity contribution < 1.29 is 37.1 Å². The summed E-state index contributed by atoms with van der Waals surface area (Å²) in [6.07, 6.45) is 0. The van der Waals surface area contributed by atoms with Crippen molar-refractivity contribution in [3.8, 4) is 17.1 Å². The molecule has 0 aliphatic carbocycles. The summed E-state index contributed by atoms with van der Waals surface area (Å²) in [4.78, 5) is 39.8. The summed E-state index contributed by atoms with van der Waals surface area (Å²) >= 11 is 0. The summed E-state index contributed by atoms with van der Waals surface area (Å²) in [5.41, 5.74) is -0.247. The normalized spacial score (nSPS) is 12.7. The zero-order valence-corrected chi connectivity index (χ0v) is 16.8. The number of hydrogen-bond acceptors (Lipinski definition) is 9. The number of phosphoric ester groups is 1. The van der Waals surface area contributed by atoms with Gasteiger partial charge in [0.1, 0.15) is 5.58 Å². The van der Waals surface area contributed by atoms with E-state index in [1.54, 1.807) is 42.5 Å². The minimum Gasteiger partial charge on any atom is -0.452 e. The molecule has 1 aromatic heterocycles. The van der Waals surface area contributed by atoms with Crippen LogP contribution in [0.4, 0.5) is 0 Å². The molecular formula is C15H21N3O9P2. The predicted molar refractivity (Wildman–Crippen MR) is 107 cm³/mol. The van der Waals surface area contributed by atoms with Crippen LogP contribution in [0.15, 0.2) is 63.8 Å². The van der Waals surface area contributed by atoms with Crippen LogP contribution >= 0.6 is 15.6 Å². The quantitative estimate of drug-likeness (QED) is 0.306. The van der Waals surface area contributed by atoms with Gasteiger partial charge in [-0.3, -0.25) is 9.69 Å².